The fraction of sp³-hybridized carbons (Fsp3) is 0.571. The topological polar surface area (TPSA) is 146 Å². The number of benzene rings is 2. The molecule has 0 aliphatic rings. The lowest BCUT2D eigenvalue weighted by molar-refractivity contribution is -0.129. The average molecular weight is 610 g/mol. The Balaban J connectivity index is 1.91. The third-order valence-corrected chi connectivity index (χ3v) is 9.11. The van der Waals surface area contributed by atoms with E-state index in [-0.39, 0.29) is 23.1 Å². The summed E-state index contributed by atoms with van der Waals surface area (Å²) in [5.74, 6) is 5.04. The highest BCUT2D eigenvalue weighted by atomic mass is 16.5. The molecule has 2 aromatic carbocycles. The third-order valence-electron chi connectivity index (χ3n) is 9.11. The Hall–Kier alpha value is -3.27. The van der Waals surface area contributed by atoms with Crippen LogP contribution < -0.4 is 27.4 Å². The summed E-state index contributed by atoms with van der Waals surface area (Å²) in [6.45, 7) is 9.38. The molecule has 1 unspecified atom stereocenters. The van der Waals surface area contributed by atoms with E-state index in [1.54, 1.807) is 5.48 Å². The van der Waals surface area contributed by atoms with Crippen molar-refractivity contribution in [3.63, 3.8) is 0 Å². The average Bonchev–Trinajstić information content (AvgIpc) is 3.04. The second kappa shape index (κ2) is 19.2. The summed E-state index contributed by atoms with van der Waals surface area (Å²) in [6, 6.07) is 16.6. The van der Waals surface area contributed by atoms with E-state index in [0.717, 1.165) is 69.0 Å². The Kier molecular flexibility index (Phi) is 16.1. The van der Waals surface area contributed by atoms with Crippen LogP contribution in [0, 0.1) is 0 Å². The van der Waals surface area contributed by atoms with Gasteiger partial charge in [0.15, 0.2) is 0 Å². The highest BCUT2D eigenvalue weighted by Crippen LogP contribution is 2.36. The summed E-state index contributed by atoms with van der Waals surface area (Å²) in [6.07, 6.45) is 9.45. The summed E-state index contributed by atoms with van der Waals surface area (Å²) in [4.78, 5) is 36.7. The van der Waals surface area contributed by atoms with Crippen molar-refractivity contribution in [3.8, 4) is 0 Å². The molecule has 44 heavy (non-hydrogen) atoms. The fourth-order valence-electron chi connectivity index (χ4n) is 5.77. The monoisotopic (exact) mass is 609 g/mol. The molecule has 1 atom stereocenters. The molecule has 0 fully saturated rings. The summed E-state index contributed by atoms with van der Waals surface area (Å²) >= 11 is 0. The maximum atomic E-state index is 12.9. The number of hydrazine groups is 1. The van der Waals surface area contributed by atoms with E-state index >= 15 is 0 Å². The lowest BCUT2D eigenvalue weighted by Crippen LogP contribution is -2.45. The van der Waals surface area contributed by atoms with Gasteiger partial charge in [-0.2, -0.15) is 0 Å². The first-order valence-electron chi connectivity index (χ1n) is 16.3. The van der Waals surface area contributed by atoms with Crippen LogP contribution in [0.15, 0.2) is 48.5 Å². The lowest BCUT2D eigenvalue weighted by Gasteiger charge is -2.35. The van der Waals surface area contributed by atoms with Crippen LogP contribution in [-0.4, -0.2) is 29.5 Å². The van der Waals surface area contributed by atoms with E-state index in [1.807, 2.05) is 24.3 Å². The van der Waals surface area contributed by atoms with Gasteiger partial charge in [0, 0.05) is 31.5 Å². The normalized spacial score (nSPS) is 12.8. The number of unbranched alkanes of at least 4 members (excludes halogenated alkanes) is 3. The van der Waals surface area contributed by atoms with Gasteiger partial charge in [-0.1, -0.05) is 76.9 Å². The Morgan fingerprint density at radius 3 is 1.84 bits per heavy atom. The van der Waals surface area contributed by atoms with Gasteiger partial charge >= 0.3 is 0 Å². The molecule has 0 saturated carbocycles. The number of carbonyl (C=O) groups excluding carboxylic acids is 3. The van der Waals surface area contributed by atoms with E-state index in [1.165, 1.54) is 11.1 Å². The highest BCUT2D eigenvalue weighted by Gasteiger charge is 2.31. The van der Waals surface area contributed by atoms with Crippen molar-refractivity contribution in [2.45, 2.75) is 122 Å². The quantitative estimate of drug-likeness (QED) is 0.0434. The van der Waals surface area contributed by atoms with Crippen molar-refractivity contribution in [1.29, 1.82) is 0 Å². The van der Waals surface area contributed by atoms with E-state index in [2.05, 4.69) is 68.0 Å². The molecule has 0 aliphatic heterocycles. The largest absolute Gasteiger partial charge is 0.347 e. The molecule has 3 amide bonds. The van der Waals surface area contributed by atoms with Gasteiger partial charge in [-0.05, 0) is 85.6 Å². The fourth-order valence-corrected chi connectivity index (χ4v) is 5.77. The lowest BCUT2D eigenvalue weighted by atomic mass is 9.75. The first kappa shape index (κ1) is 36.9. The van der Waals surface area contributed by atoms with Crippen LogP contribution in [0.1, 0.15) is 121 Å². The van der Waals surface area contributed by atoms with Crippen molar-refractivity contribution >= 4 is 23.4 Å². The van der Waals surface area contributed by atoms with Crippen LogP contribution in [0.25, 0.3) is 0 Å². The van der Waals surface area contributed by atoms with Crippen molar-refractivity contribution in [1.82, 2.24) is 16.2 Å². The molecule has 0 aromatic heterocycles. The number of hydrogen-bond donors (Lipinski definition) is 6. The molecule has 0 radical (unpaired) electrons. The van der Waals surface area contributed by atoms with Gasteiger partial charge in [0.1, 0.15) is 0 Å². The van der Waals surface area contributed by atoms with E-state index in [0.29, 0.717) is 32.2 Å². The number of amides is 3. The maximum absolute atomic E-state index is 12.9. The Bertz CT molecular complexity index is 1150. The smallest absolute Gasteiger partial charge is 0.243 e. The van der Waals surface area contributed by atoms with Crippen molar-refractivity contribution in [3.05, 3.63) is 65.2 Å². The Morgan fingerprint density at radius 2 is 1.30 bits per heavy atom. The molecule has 244 valence electrons. The van der Waals surface area contributed by atoms with Gasteiger partial charge in [-0.15, -0.1) is 0 Å². The van der Waals surface area contributed by atoms with E-state index in [9.17, 15) is 14.4 Å². The molecule has 9 nitrogen and oxygen atoms in total. The first-order chi connectivity index (χ1) is 21.1. The van der Waals surface area contributed by atoms with Gasteiger partial charge in [-0.25, -0.2) is 5.48 Å². The minimum absolute atomic E-state index is 0.0238. The number of carbonyl (C=O) groups is 3. The highest BCUT2D eigenvalue weighted by molar-refractivity contribution is 5.90. The van der Waals surface area contributed by atoms with Crippen LogP contribution in [-0.2, 0) is 31.8 Å². The number of rotatable bonds is 21. The summed E-state index contributed by atoms with van der Waals surface area (Å²) in [5, 5.41) is 14.9. The van der Waals surface area contributed by atoms with Gasteiger partial charge < -0.3 is 10.6 Å². The number of hydroxylamine groups is 1. The maximum Gasteiger partial charge on any atom is 0.243 e. The SMILES string of the molecule is CCC(C)(CCCC(=O)Nc1ccc(CCNN)cc1)c1ccc(C(CC)(CC)NC(=O)CCCCCCC(=O)NO)cc1. The zero-order valence-corrected chi connectivity index (χ0v) is 27.3. The van der Waals surface area contributed by atoms with Crippen LogP contribution >= 0.6 is 0 Å². The molecule has 9 heteroatoms. The van der Waals surface area contributed by atoms with Crippen molar-refractivity contribution < 1.29 is 19.6 Å². The number of anilines is 1. The number of nitrogens with two attached hydrogens (primary N) is 1. The van der Waals surface area contributed by atoms with Crippen molar-refractivity contribution in [2.75, 3.05) is 11.9 Å². The molecule has 0 spiro atoms. The van der Waals surface area contributed by atoms with E-state index < -0.39 is 5.54 Å². The minimum atomic E-state index is -0.422. The Morgan fingerprint density at radius 1 is 0.727 bits per heavy atom. The zero-order valence-electron chi connectivity index (χ0n) is 27.3. The van der Waals surface area contributed by atoms with Crippen LogP contribution in [0.4, 0.5) is 5.69 Å². The summed E-state index contributed by atoms with van der Waals surface area (Å²) < 4.78 is 0. The molecule has 7 N–H and O–H groups in total. The van der Waals surface area contributed by atoms with Gasteiger partial charge in [0.05, 0.1) is 5.54 Å². The Labute approximate surface area is 264 Å². The second-order valence-electron chi connectivity index (χ2n) is 12.1. The minimum Gasteiger partial charge on any atom is -0.347 e. The predicted molar refractivity (Wildman–Crippen MR) is 177 cm³/mol. The molecule has 2 rings (SSSR count). The van der Waals surface area contributed by atoms with Crippen LogP contribution in [0.2, 0.25) is 0 Å². The molecular weight excluding hydrogens is 554 g/mol. The van der Waals surface area contributed by atoms with Crippen LogP contribution in [0.5, 0.6) is 0 Å². The molecular formula is C35H55N5O4. The molecule has 0 saturated heterocycles. The molecule has 2 aromatic rings. The van der Waals surface area contributed by atoms with Gasteiger partial charge in [-0.3, -0.25) is 30.9 Å². The number of hydrogen-bond acceptors (Lipinski definition) is 6. The van der Waals surface area contributed by atoms with Gasteiger partial charge in [0.2, 0.25) is 17.7 Å². The predicted octanol–water partition coefficient (Wildman–Crippen LogP) is 6.15. The van der Waals surface area contributed by atoms with Crippen molar-refractivity contribution in [2.24, 2.45) is 5.84 Å². The second-order valence-corrected chi connectivity index (χ2v) is 12.1. The van der Waals surface area contributed by atoms with Crippen LogP contribution in [0.3, 0.4) is 0 Å². The summed E-state index contributed by atoms with van der Waals surface area (Å²) in [7, 11) is 0. The molecule has 0 bridgehead atoms. The molecule has 0 aliphatic carbocycles. The van der Waals surface area contributed by atoms with Gasteiger partial charge in [0.25, 0.3) is 0 Å². The van der Waals surface area contributed by atoms with E-state index in [4.69, 9.17) is 11.0 Å². The molecule has 0 heterocycles. The third kappa shape index (κ3) is 11.7. The first-order valence-corrected chi connectivity index (χ1v) is 16.3. The zero-order chi connectivity index (χ0) is 32.4. The summed E-state index contributed by atoms with van der Waals surface area (Å²) in [5.41, 5.74) is 8.15. The number of nitrogens with one attached hydrogen (secondary N) is 4. The standard InChI is InChI=1S/C35H55N5O4/c1-5-34(4,25-12-15-31(41)38-30-22-16-27(17-23-30)24-26-37-36)28-18-20-29(21-19-28)35(6-2,7-3)39-32(42)13-10-8-9-11-14-33(43)40-44/h16-23,37,44H,5-15,24-26,36H2,1-4H3,(H,38,41)(H,39,42)(H,40,43).